The Kier molecular flexibility index (Phi) is 6.44. The van der Waals surface area contributed by atoms with Gasteiger partial charge in [0.15, 0.2) is 5.65 Å². The van der Waals surface area contributed by atoms with Crippen molar-refractivity contribution in [3.63, 3.8) is 0 Å². The lowest BCUT2D eigenvalue weighted by Gasteiger charge is -2.36. The number of fused-ring (bicyclic) bond motifs is 1. The van der Waals surface area contributed by atoms with E-state index >= 15 is 0 Å². The van der Waals surface area contributed by atoms with Gasteiger partial charge in [-0.3, -0.25) is 4.79 Å². The highest BCUT2D eigenvalue weighted by atomic mass is 16.2. The van der Waals surface area contributed by atoms with E-state index in [1.54, 1.807) is 0 Å². The molecule has 3 heterocycles. The zero-order valence-electron chi connectivity index (χ0n) is 19.9. The first kappa shape index (κ1) is 22.2. The molecule has 1 aliphatic heterocycles. The van der Waals surface area contributed by atoms with E-state index in [0.717, 1.165) is 66.7 Å². The molecule has 170 valence electrons. The van der Waals surface area contributed by atoms with E-state index in [0.29, 0.717) is 18.3 Å². The number of para-hydroxylation sites is 1. The second-order valence-electron chi connectivity index (χ2n) is 9.56. The minimum Gasteiger partial charge on any atom is -0.352 e. The minimum absolute atomic E-state index is 0.251. The van der Waals surface area contributed by atoms with E-state index in [2.05, 4.69) is 44.7 Å². The first-order valence-corrected chi connectivity index (χ1v) is 11.7. The SMILES string of the molecule is Cc1nn(-c2ccccc2)c2nc(CC(C)C)nc(N3CCN(C(=O)CC(C)C)CC3)c12. The molecule has 3 aromatic rings. The molecule has 0 bridgehead atoms. The number of benzene rings is 1. The fraction of sp³-hybridized carbons (Fsp3) is 0.520. The monoisotopic (exact) mass is 434 g/mol. The Morgan fingerprint density at radius 1 is 0.969 bits per heavy atom. The van der Waals surface area contributed by atoms with Crippen molar-refractivity contribution in [1.29, 1.82) is 0 Å². The van der Waals surface area contributed by atoms with Crippen molar-refractivity contribution in [2.24, 2.45) is 11.8 Å². The average Bonchev–Trinajstić information content (AvgIpc) is 3.09. The van der Waals surface area contributed by atoms with Gasteiger partial charge in [0.05, 0.1) is 16.8 Å². The van der Waals surface area contributed by atoms with Gasteiger partial charge in [-0.1, -0.05) is 45.9 Å². The lowest BCUT2D eigenvalue weighted by Crippen LogP contribution is -2.49. The molecule has 0 saturated carbocycles. The van der Waals surface area contributed by atoms with Gasteiger partial charge >= 0.3 is 0 Å². The highest BCUT2D eigenvalue weighted by molar-refractivity contribution is 5.91. The van der Waals surface area contributed by atoms with Gasteiger partial charge in [0.1, 0.15) is 11.6 Å². The fourth-order valence-electron chi connectivity index (χ4n) is 4.29. The second kappa shape index (κ2) is 9.27. The van der Waals surface area contributed by atoms with Gasteiger partial charge in [-0.15, -0.1) is 0 Å². The topological polar surface area (TPSA) is 67.2 Å². The van der Waals surface area contributed by atoms with Crippen LogP contribution in [0.15, 0.2) is 30.3 Å². The van der Waals surface area contributed by atoms with Gasteiger partial charge in [0.2, 0.25) is 5.91 Å². The van der Waals surface area contributed by atoms with Gasteiger partial charge in [-0.25, -0.2) is 14.6 Å². The minimum atomic E-state index is 0.251. The van der Waals surface area contributed by atoms with Gasteiger partial charge in [-0.05, 0) is 30.9 Å². The van der Waals surface area contributed by atoms with Gasteiger partial charge in [0.25, 0.3) is 0 Å². The van der Waals surface area contributed by atoms with Crippen LogP contribution in [0.4, 0.5) is 5.82 Å². The maximum absolute atomic E-state index is 12.5. The summed E-state index contributed by atoms with van der Waals surface area (Å²) in [4.78, 5) is 26.8. The second-order valence-corrected chi connectivity index (χ2v) is 9.56. The number of carbonyl (C=O) groups excluding carboxylic acids is 1. The standard InChI is InChI=1S/C25H34N6O/c1-17(2)15-21-26-24(30-13-11-29(12-14-30)22(32)16-18(3)4)23-19(5)28-31(25(23)27-21)20-9-7-6-8-10-20/h6-10,17-18H,11-16H2,1-5H3. The zero-order chi connectivity index (χ0) is 22.8. The Bertz CT molecular complexity index is 1080. The molecule has 0 unspecified atom stereocenters. The van der Waals surface area contributed by atoms with Crippen LogP contribution in [0.5, 0.6) is 0 Å². The van der Waals surface area contributed by atoms with Crippen LogP contribution in [0, 0.1) is 18.8 Å². The average molecular weight is 435 g/mol. The van der Waals surface area contributed by atoms with Crippen LogP contribution < -0.4 is 4.90 Å². The quantitative estimate of drug-likeness (QED) is 0.586. The lowest BCUT2D eigenvalue weighted by atomic mass is 10.1. The van der Waals surface area contributed by atoms with E-state index in [1.807, 2.05) is 34.7 Å². The summed E-state index contributed by atoms with van der Waals surface area (Å²) >= 11 is 0. The van der Waals surface area contributed by atoms with Crippen molar-refractivity contribution in [1.82, 2.24) is 24.6 Å². The molecule has 0 radical (unpaired) electrons. The summed E-state index contributed by atoms with van der Waals surface area (Å²) in [5.74, 6) is 2.88. The molecule has 2 aromatic heterocycles. The summed E-state index contributed by atoms with van der Waals surface area (Å²) < 4.78 is 1.93. The number of amides is 1. The van der Waals surface area contributed by atoms with E-state index in [1.165, 1.54) is 0 Å². The zero-order valence-corrected chi connectivity index (χ0v) is 19.9. The van der Waals surface area contributed by atoms with Crippen LogP contribution in [0.2, 0.25) is 0 Å². The number of rotatable bonds is 6. The van der Waals surface area contributed by atoms with Gasteiger partial charge in [-0.2, -0.15) is 5.10 Å². The molecule has 1 saturated heterocycles. The first-order valence-electron chi connectivity index (χ1n) is 11.7. The Hall–Kier alpha value is -2.96. The normalized spacial score (nSPS) is 14.7. The van der Waals surface area contributed by atoms with E-state index < -0.39 is 0 Å². The molecule has 4 rings (SSSR count). The third-order valence-corrected chi connectivity index (χ3v) is 5.84. The number of piperazine rings is 1. The summed E-state index contributed by atoms with van der Waals surface area (Å²) in [7, 11) is 0. The molecular formula is C25H34N6O. The van der Waals surface area contributed by atoms with Gasteiger partial charge < -0.3 is 9.80 Å². The van der Waals surface area contributed by atoms with Crippen molar-refractivity contribution in [3.05, 3.63) is 41.9 Å². The van der Waals surface area contributed by atoms with E-state index in [4.69, 9.17) is 15.1 Å². The van der Waals surface area contributed by atoms with Crippen molar-refractivity contribution in [2.45, 2.75) is 47.5 Å². The Balaban J connectivity index is 1.71. The van der Waals surface area contributed by atoms with Crippen LogP contribution in [-0.4, -0.2) is 56.7 Å². The van der Waals surface area contributed by atoms with Crippen LogP contribution in [0.3, 0.4) is 0 Å². The number of nitrogens with zero attached hydrogens (tertiary/aromatic N) is 6. The molecule has 7 nitrogen and oxygen atoms in total. The fourth-order valence-corrected chi connectivity index (χ4v) is 4.29. The molecule has 1 aromatic carbocycles. The predicted molar refractivity (Wildman–Crippen MR) is 128 cm³/mol. The van der Waals surface area contributed by atoms with Crippen LogP contribution in [0.1, 0.15) is 45.6 Å². The maximum Gasteiger partial charge on any atom is 0.222 e. The Labute approximate surface area is 190 Å². The number of hydrogen-bond donors (Lipinski definition) is 0. The van der Waals surface area contributed by atoms with E-state index in [-0.39, 0.29) is 5.91 Å². The highest BCUT2D eigenvalue weighted by Gasteiger charge is 2.26. The smallest absolute Gasteiger partial charge is 0.222 e. The number of carbonyl (C=O) groups is 1. The van der Waals surface area contributed by atoms with Crippen molar-refractivity contribution in [3.8, 4) is 5.69 Å². The Morgan fingerprint density at radius 2 is 1.66 bits per heavy atom. The highest BCUT2D eigenvalue weighted by Crippen LogP contribution is 2.30. The third kappa shape index (κ3) is 4.61. The predicted octanol–water partition coefficient (Wildman–Crippen LogP) is 4.02. The molecule has 0 spiro atoms. The molecular weight excluding hydrogens is 400 g/mol. The molecule has 1 amide bonds. The number of hydrogen-bond acceptors (Lipinski definition) is 5. The molecule has 7 heteroatoms. The molecule has 32 heavy (non-hydrogen) atoms. The van der Waals surface area contributed by atoms with Crippen LogP contribution in [0.25, 0.3) is 16.7 Å². The lowest BCUT2D eigenvalue weighted by molar-refractivity contribution is -0.132. The largest absolute Gasteiger partial charge is 0.352 e. The summed E-state index contributed by atoms with van der Waals surface area (Å²) in [5, 5.41) is 5.84. The van der Waals surface area contributed by atoms with Crippen molar-refractivity contribution in [2.75, 3.05) is 31.1 Å². The Morgan fingerprint density at radius 3 is 2.28 bits per heavy atom. The third-order valence-electron chi connectivity index (χ3n) is 5.84. The number of aryl methyl sites for hydroxylation is 1. The number of anilines is 1. The molecule has 0 atom stereocenters. The molecule has 0 aliphatic carbocycles. The molecule has 1 fully saturated rings. The molecule has 0 N–H and O–H groups in total. The summed E-state index contributed by atoms with van der Waals surface area (Å²) in [5.41, 5.74) is 2.77. The van der Waals surface area contributed by atoms with Crippen molar-refractivity contribution >= 4 is 22.8 Å². The summed E-state index contributed by atoms with van der Waals surface area (Å²) in [6.45, 7) is 13.6. The number of aromatic nitrogens is 4. The van der Waals surface area contributed by atoms with Gasteiger partial charge in [0, 0.05) is 39.0 Å². The first-order chi connectivity index (χ1) is 15.3. The maximum atomic E-state index is 12.5. The summed E-state index contributed by atoms with van der Waals surface area (Å²) in [6, 6.07) is 10.1. The van der Waals surface area contributed by atoms with Crippen LogP contribution in [-0.2, 0) is 11.2 Å². The van der Waals surface area contributed by atoms with Crippen molar-refractivity contribution < 1.29 is 4.79 Å². The van der Waals surface area contributed by atoms with Crippen LogP contribution >= 0.6 is 0 Å². The molecule has 1 aliphatic rings. The van der Waals surface area contributed by atoms with E-state index in [9.17, 15) is 4.79 Å². The summed E-state index contributed by atoms with van der Waals surface area (Å²) in [6.07, 6.45) is 1.42.